The van der Waals surface area contributed by atoms with Crippen molar-refractivity contribution >= 4 is 21.6 Å². The molecule has 0 aliphatic rings. The topological polar surface area (TPSA) is 71.8 Å². The van der Waals surface area contributed by atoms with Crippen LogP contribution in [0.15, 0.2) is 51.2 Å². The molecular formula is C16H11N3O2S. The standard InChI is InChI=1S/C16H11N3O2S/c1-9-17-12(7-21-9)14-18-15(20)13-11(8-22-16(13)19-14)10-5-3-2-4-6-10/h2-8H,1H3,(H,18,19,20). The van der Waals surface area contributed by atoms with Crippen LogP contribution in [0.3, 0.4) is 0 Å². The van der Waals surface area contributed by atoms with E-state index in [0.717, 1.165) is 11.1 Å². The molecule has 0 spiro atoms. The number of nitrogens with zero attached hydrogens (tertiary/aromatic N) is 2. The second kappa shape index (κ2) is 4.92. The highest BCUT2D eigenvalue weighted by Gasteiger charge is 2.14. The van der Waals surface area contributed by atoms with Crippen LogP contribution in [0.2, 0.25) is 0 Å². The fourth-order valence-electron chi connectivity index (χ4n) is 2.37. The minimum Gasteiger partial charge on any atom is -0.449 e. The highest BCUT2D eigenvalue weighted by atomic mass is 32.1. The predicted octanol–water partition coefficient (Wildman–Crippen LogP) is 3.62. The summed E-state index contributed by atoms with van der Waals surface area (Å²) in [6.45, 7) is 1.75. The highest BCUT2D eigenvalue weighted by molar-refractivity contribution is 7.17. The first-order valence-corrected chi connectivity index (χ1v) is 7.60. The van der Waals surface area contributed by atoms with Crippen molar-refractivity contribution in [1.29, 1.82) is 0 Å². The SMILES string of the molecule is Cc1nc(-c2nc3scc(-c4ccccc4)c3c(=O)[nH]2)co1. The van der Waals surface area contributed by atoms with Crippen LogP contribution in [-0.2, 0) is 0 Å². The molecule has 22 heavy (non-hydrogen) atoms. The molecule has 0 unspecified atom stereocenters. The largest absolute Gasteiger partial charge is 0.449 e. The van der Waals surface area contributed by atoms with Gasteiger partial charge in [0.2, 0.25) is 0 Å². The molecule has 3 heterocycles. The molecule has 0 amide bonds. The zero-order valence-electron chi connectivity index (χ0n) is 11.7. The van der Waals surface area contributed by atoms with E-state index in [-0.39, 0.29) is 5.56 Å². The Morgan fingerprint density at radius 3 is 2.73 bits per heavy atom. The Morgan fingerprint density at radius 2 is 2.00 bits per heavy atom. The van der Waals surface area contributed by atoms with Crippen molar-refractivity contribution < 1.29 is 4.42 Å². The van der Waals surface area contributed by atoms with Gasteiger partial charge in [0.25, 0.3) is 5.56 Å². The summed E-state index contributed by atoms with van der Waals surface area (Å²) in [7, 11) is 0. The summed E-state index contributed by atoms with van der Waals surface area (Å²) in [5.74, 6) is 0.963. The Labute approximate surface area is 129 Å². The number of hydrogen-bond donors (Lipinski definition) is 1. The number of aromatic nitrogens is 3. The quantitative estimate of drug-likeness (QED) is 0.614. The second-order valence-electron chi connectivity index (χ2n) is 4.86. The van der Waals surface area contributed by atoms with Crippen LogP contribution in [0.4, 0.5) is 0 Å². The molecule has 0 aliphatic heterocycles. The van der Waals surface area contributed by atoms with Gasteiger partial charge in [0, 0.05) is 17.9 Å². The van der Waals surface area contributed by atoms with Gasteiger partial charge in [-0.25, -0.2) is 9.97 Å². The van der Waals surface area contributed by atoms with E-state index in [4.69, 9.17) is 4.42 Å². The number of aromatic amines is 1. The van der Waals surface area contributed by atoms with Crippen LogP contribution in [0.25, 0.3) is 32.9 Å². The first-order chi connectivity index (χ1) is 10.7. The molecule has 0 bridgehead atoms. The monoisotopic (exact) mass is 309 g/mol. The summed E-state index contributed by atoms with van der Waals surface area (Å²) >= 11 is 1.45. The lowest BCUT2D eigenvalue weighted by Crippen LogP contribution is -2.09. The maximum Gasteiger partial charge on any atom is 0.260 e. The van der Waals surface area contributed by atoms with E-state index in [2.05, 4.69) is 15.0 Å². The average molecular weight is 309 g/mol. The van der Waals surface area contributed by atoms with Crippen molar-refractivity contribution in [3.05, 3.63) is 58.2 Å². The van der Waals surface area contributed by atoms with Crippen molar-refractivity contribution in [3.8, 4) is 22.6 Å². The Hall–Kier alpha value is -2.73. The van der Waals surface area contributed by atoms with E-state index in [9.17, 15) is 4.79 Å². The molecule has 0 fully saturated rings. The van der Waals surface area contributed by atoms with E-state index in [0.29, 0.717) is 27.6 Å². The minimum atomic E-state index is -0.166. The zero-order chi connectivity index (χ0) is 15.1. The molecular weight excluding hydrogens is 298 g/mol. The van der Waals surface area contributed by atoms with Gasteiger partial charge in [0.15, 0.2) is 11.7 Å². The Bertz CT molecular complexity index is 1010. The summed E-state index contributed by atoms with van der Waals surface area (Å²) in [6.07, 6.45) is 1.49. The minimum absolute atomic E-state index is 0.166. The number of aryl methyl sites for hydroxylation is 1. The average Bonchev–Trinajstić information content (AvgIpc) is 3.14. The number of oxazole rings is 1. The van der Waals surface area contributed by atoms with E-state index in [1.54, 1.807) is 6.92 Å². The van der Waals surface area contributed by atoms with Crippen LogP contribution in [0, 0.1) is 6.92 Å². The lowest BCUT2D eigenvalue weighted by atomic mass is 10.1. The fraction of sp³-hybridized carbons (Fsp3) is 0.0625. The van der Waals surface area contributed by atoms with Crippen LogP contribution in [0.1, 0.15) is 5.89 Å². The number of nitrogens with one attached hydrogen (secondary N) is 1. The first kappa shape index (κ1) is 13.0. The van der Waals surface area contributed by atoms with Gasteiger partial charge in [-0.2, -0.15) is 0 Å². The Balaban J connectivity index is 1.93. The van der Waals surface area contributed by atoms with E-state index in [1.807, 2.05) is 35.7 Å². The number of hydrogen-bond acceptors (Lipinski definition) is 5. The van der Waals surface area contributed by atoms with Gasteiger partial charge in [-0.1, -0.05) is 30.3 Å². The van der Waals surface area contributed by atoms with Crippen LogP contribution in [-0.4, -0.2) is 15.0 Å². The Morgan fingerprint density at radius 1 is 1.18 bits per heavy atom. The third-order valence-electron chi connectivity index (χ3n) is 3.39. The maximum absolute atomic E-state index is 12.5. The predicted molar refractivity (Wildman–Crippen MR) is 85.9 cm³/mol. The normalized spacial score (nSPS) is 11.1. The second-order valence-corrected chi connectivity index (χ2v) is 5.72. The molecule has 0 saturated carbocycles. The van der Waals surface area contributed by atoms with Crippen molar-refractivity contribution in [3.63, 3.8) is 0 Å². The molecule has 6 heteroatoms. The number of fused-ring (bicyclic) bond motifs is 1. The van der Waals surface area contributed by atoms with Gasteiger partial charge in [0.1, 0.15) is 16.8 Å². The van der Waals surface area contributed by atoms with E-state index < -0.39 is 0 Å². The van der Waals surface area contributed by atoms with Crippen molar-refractivity contribution in [2.75, 3.05) is 0 Å². The lowest BCUT2D eigenvalue weighted by molar-refractivity contribution is 0.521. The molecule has 0 radical (unpaired) electrons. The van der Waals surface area contributed by atoms with Gasteiger partial charge in [-0.05, 0) is 5.56 Å². The van der Waals surface area contributed by atoms with Crippen molar-refractivity contribution in [1.82, 2.24) is 15.0 Å². The Kier molecular flexibility index (Phi) is 2.90. The molecule has 0 aliphatic carbocycles. The molecule has 1 N–H and O–H groups in total. The van der Waals surface area contributed by atoms with Gasteiger partial charge in [0.05, 0.1) is 5.39 Å². The number of thiophene rings is 1. The zero-order valence-corrected chi connectivity index (χ0v) is 12.5. The molecule has 5 nitrogen and oxygen atoms in total. The number of benzene rings is 1. The summed E-state index contributed by atoms with van der Waals surface area (Å²) in [5.41, 5.74) is 2.27. The molecule has 4 rings (SSSR count). The van der Waals surface area contributed by atoms with Gasteiger partial charge in [-0.3, -0.25) is 4.79 Å². The van der Waals surface area contributed by atoms with Gasteiger partial charge >= 0.3 is 0 Å². The van der Waals surface area contributed by atoms with Crippen molar-refractivity contribution in [2.24, 2.45) is 0 Å². The summed E-state index contributed by atoms with van der Waals surface area (Å²) in [6, 6.07) is 9.82. The summed E-state index contributed by atoms with van der Waals surface area (Å²) in [4.78, 5) is 24.7. The van der Waals surface area contributed by atoms with Crippen molar-refractivity contribution in [2.45, 2.75) is 6.92 Å². The van der Waals surface area contributed by atoms with Crippen LogP contribution >= 0.6 is 11.3 Å². The number of rotatable bonds is 2. The molecule has 0 saturated heterocycles. The first-order valence-electron chi connectivity index (χ1n) is 6.72. The van der Waals surface area contributed by atoms with Gasteiger partial charge < -0.3 is 9.40 Å². The summed E-state index contributed by atoms with van der Waals surface area (Å²) in [5, 5.41) is 2.57. The smallest absolute Gasteiger partial charge is 0.260 e. The van der Waals surface area contributed by atoms with E-state index in [1.165, 1.54) is 17.6 Å². The molecule has 4 aromatic rings. The maximum atomic E-state index is 12.5. The highest BCUT2D eigenvalue weighted by Crippen LogP contribution is 2.31. The third kappa shape index (κ3) is 2.05. The fourth-order valence-corrected chi connectivity index (χ4v) is 3.32. The van der Waals surface area contributed by atoms with Crippen LogP contribution < -0.4 is 5.56 Å². The summed E-state index contributed by atoms with van der Waals surface area (Å²) < 4.78 is 5.18. The molecule has 0 atom stereocenters. The molecule has 108 valence electrons. The van der Waals surface area contributed by atoms with Crippen LogP contribution in [0.5, 0.6) is 0 Å². The molecule has 1 aromatic carbocycles. The molecule has 3 aromatic heterocycles. The number of H-pyrrole nitrogens is 1. The van der Waals surface area contributed by atoms with Gasteiger partial charge in [-0.15, -0.1) is 11.3 Å². The third-order valence-corrected chi connectivity index (χ3v) is 4.26. The van der Waals surface area contributed by atoms with E-state index >= 15 is 0 Å². The lowest BCUT2D eigenvalue weighted by Gasteiger charge is -2.00.